The third kappa shape index (κ3) is 4.30. The van der Waals surface area contributed by atoms with Crippen LogP contribution in [0.25, 0.3) is 5.76 Å². The second-order valence-corrected chi connectivity index (χ2v) is 7.76. The van der Waals surface area contributed by atoms with Crippen molar-refractivity contribution in [1.82, 2.24) is 9.88 Å². The minimum atomic E-state index is -0.883. The molecule has 0 aliphatic carbocycles. The number of rotatable bonds is 6. The van der Waals surface area contributed by atoms with Gasteiger partial charge in [0.15, 0.2) is 0 Å². The summed E-state index contributed by atoms with van der Waals surface area (Å²) in [5.41, 5.74) is 2.26. The van der Waals surface area contributed by atoms with Gasteiger partial charge in [-0.05, 0) is 67.4 Å². The number of aliphatic hydroxyl groups excluding tert-OH is 1. The van der Waals surface area contributed by atoms with Gasteiger partial charge in [-0.15, -0.1) is 0 Å². The average Bonchev–Trinajstić information content (AvgIpc) is 3.05. The number of aromatic nitrogens is 1. The molecule has 7 nitrogen and oxygen atoms in total. The van der Waals surface area contributed by atoms with Crippen LogP contribution in [0.4, 0.5) is 0 Å². The zero-order chi connectivity index (χ0) is 23.5. The Morgan fingerprint density at radius 2 is 1.91 bits per heavy atom. The van der Waals surface area contributed by atoms with Crippen LogP contribution in [0.5, 0.6) is 11.5 Å². The Balaban J connectivity index is 1.85. The number of phenols is 1. The Morgan fingerprint density at radius 1 is 1.09 bits per heavy atom. The fourth-order valence-corrected chi connectivity index (χ4v) is 4.02. The highest BCUT2D eigenvalue weighted by molar-refractivity contribution is 6.46. The number of nitrogens with zero attached hydrogens (tertiary/aromatic N) is 2. The van der Waals surface area contributed by atoms with E-state index in [1.807, 2.05) is 13.8 Å². The molecule has 0 radical (unpaired) electrons. The average molecular weight is 444 g/mol. The number of amides is 1. The predicted octanol–water partition coefficient (Wildman–Crippen LogP) is 4.12. The number of ether oxygens (including phenoxy) is 1. The van der Waals surface area contributed by atoms with Crippen molar-refractivity contribution in [3.63, 3.8) is 0 Å². The van der Waals surface area contributed by atoms with Gasteiger partial charge in [-0.1, -0.05) is 18.2 Å². The van der Waals surface area contributed by atoms with Gasteiger partial charge < -0.3 is 19.8 Å². The highest BCUT2D eigenvalue weighted by atomic mass is 16.5. The smallest absolute Gasteiger partial charge is 0.296 e. The Labute approximate surface area is 191 Å². The van der Waals surface area contributed by atoms with E-state index in [1.54, 1.807) is 54.7 Å². The molecular weight excluding hydrogens is 420 g/mol. The van der Waals surface area contributed by atoms with Crippen molar-refractivity contribution >= 4 is 17.4 Å². The number of benzene rings is 2. The summed E-state index contributed by atoms with van der Waals surface area (Å²) in [6.07, 6.45) is 1.61. The summed E-state index contributed by atoms with van der Waals surface area (Å²) >= 11 is 0. The van der Waals surface area contributed by atoms with Gasteiger partial charge in [0, 0.05) is 11.8 Å². The molecule has 33 heavy (non-hydrogen) atoms. The van der Waals surface area contributed by atoms with Gasteiger partial charge in [0.25, 0.3) is 11.7 Å². The summed E-state index contributed by atoms with van der Waals surface area (Å²) in [4.78, 5) is 31.8. The zero-order valence-electron chi connectivity index (χ0n) is 18.4. The highest BCUT2D eigenvalue weighted by Crippen LogP contribution is 2.41. The standard InChI is InChI=1S/C26H24N2O5/c1-3-33-21-11-10-18(13-16(21)2)24(30)22-23(17-7-6-9-20(29)14-17)28(26(32)25(22)31)15-19-8-4-5-12-27-19/h4-14,23,29-30H,3,15H2,1-2H3/b24-22-. The van der Waals surface area contributed by atoms with E-state index < -0.39 is 17.7 Å². The van der Waals surface area contributed by atoms with Crippen LogP contribution in [0.3, 0.4) is 0 Å². The van der Waals surface area contributed by atoms with E-state index in [-0.39, 0.29) is 23.6 Å². The molecule has 2 heterocycles. The molecule has 7 heteroatoms. The monoisotopic (exact) mass is 444 g/mol. The van der Waals surface area contributed by atoms with Gasteiger partial charge in [-0.3, -0.25) is 14.6 Å². The molecule has 1 unspecified atom stereocenters. The molecule has 1 aliphatic heterocycles. The lowest BCUT2D eigenvalue weighted by atomic mass is 9.94. The van der Waals surface area contributed by atoms with Crippen LogP contribution in [0, 0.1) is 6.92 Å². The topological polar surface area (TPSA) is 100.0 Å². The van der Waals surface area contributed by atoms with E-state index in [2.05, 4.69) is 4.98 Å². The van der Waals surface area contributed by atoms with Crippen LogP contribution in [-0.2, 0) is 16.1 Å². The van der Waals surface area contributed by atoms with Crippen molar-refractivity contribution in [2.75, 3.05) is 6.61 Å². The Morgan fingerprint density at radius 3 is 2.58 bits per heavy atom. The van der Waals surface area contributed by atoms with Crippen LogP contribution in [0.2, 0.25) is 0 Å². The molecule has 3 aromatic rings. The fraction of sp³-hybridized carbons (Fsp3) is 0.192. The Hall–Kier alpha value is -4.13. The quantitative estimate of drug-likeness (QED) is 0.337. The van der Waals surface area contributed by atoms with Crippen LogP contribution in [0.15, 0.2) is 72.4 Å². The maximum Gasteiger partial charge on any atom is 0.296 e. The molecule has 2 aromatic carbocycles. The van der Waals surface area contributed by atoms with E-state index in [1.165, 1.54) is 17.0 Å². The summed E-state index contributed by atoms with van der Waals surface area (Å²) in [5, 5.41) is 21.2. The normalized spacial score (nSPS) is 17.4. The molecule has 0 saturated carbocycles. The molecule has 1 saturated heterocycles. The summed E-state index contributed by atoms with van der Waals surface area (Å²) in [6.45, 7) is 4.30. The van der Waals surface area contributed by atoms with Crippen LogP contribution in [-0.4, -0.2) is 38.4 Å². The maximum absolute atomic E-state index is 13.1. The second kappa shape index (κ2) is 9.16. The SMILES string of the molecule is CCOc1ccc(/C(O)=C2/C(=O)C(=O)N(Cc3ccccn3)C2c2cccc(O)c2)cc1C. The molecule has 0 spiro atoms. The molecule has 1 aliphatic rings. The van der Waals surface area contributed by atoms with E-state index in [0.29, 0.717) is 29.2 Å². The van der Waals surface area contributed by atoms with Gasteiger partial charge >= 0.3 is 0 Å². The van der Waals surface area contributed by atoms with Crippen LogP contribution in [0.1, 0.15) is 35.3 Å². The lowest BCUT2D eigenvalue weighted by Gasteiger charge is -2.25. The molecule has 1 amide bonds. The number of Topliss-reactive ketones (excluding diaryl/α,β-unsaturated/α-hetero) is 1. The first-order valence-electron chi connectivity index (χ1n) is 10.6. The number of carbonyl (C=O) groups is 2. The maximum atomic E-state index is 13.1. The number of aryl methyl sites for hydroxylation is 1. The van der Waals surface area contributed by atoms with Crippen molar-refractivity contribution in [2.45, 2.75) is 26.4 Å². The zero-order valence-corrected chi connectivity index (χ0v) is 18.4. The number of carbonyl (C=O) groups excluding carboxylic acids is 2. The van der Waals surface area contributed by atoms with Crippen LogP contribution < -0.4 is 4.74 Å². The molecule has 1 fully saturated rings. The van der Waals surface area contributed by atoms with Gasteiger partial charge in [0.2, 0.25) is 0 Å². The highest BCUT2D eigenvalue weighted by Gasteiger charge is 2.46. The lowest BCUT2D eigenvalue weighted by molar-refractivity contribution is -0.140. The number of likely N-dealkylation sites (tertiary alicyclic amines) is 1. The van der Waals surface area contributed by atoms with Crippen molar-refractivity contribution in [2.24, 2.45) is 0 Å². The molecule has 1 aromatic heterocycles. The van der Waals surface area contributed by atoms with Crippen molar-refractivity contribution in [1.29, 1.82) is 0 Å². The fourth-order valence-electron chi connectivity index (χ4n) is 4.02. The summed E-state index contributed by atoms with van der Waals surface area (Å²) in [5.74, 6) is -1.14. The molecule has 4 rings (SSSR count). The molecule has 168 valence electrons. The number of hydrogen-bond acceptors (Lipinski definition) is 6. The summed E-state index contributed by atoms with van der Waals surface area (Å²) < 4.78 is 5.56. The van der Waals surface area contributed by atoms with Gasteiger partial charge in [-0.2, -0.15) is 0 Å². The second-order valence-electron chi connectivity index (χ2n) is 7.76. The van der Waals surface area contributed by atoms with Gasteiger partial charge in [-0.25, -0.2) is 0 Å². The molecule has 0 bridgehead atoms. The van der Waals surface area contributed by atoms with Gasteiger partial charge in [0.05, 0.1) is 30.5 Å². The van der Waals surface area contributed by atoms with E-state index in [4.69, 9.17) is 4.74 Å². The first-order valence-corrected chi connectivity index (χ1v) is 10.6. The molecule has 1 atom stereocenters. The predicted molar refractivity (Wildman–Crippen MR) is 123 cm³/mol. The van der Waals surface area contributed by atoms with Crippen molar-refractivity contribution in [3.8, 4) is 11.5 Å². The largest absolute Gasteiger partial charge is 0.508 e. The number of phenolic OH excluding ortho intramolecular Hbond substituents is 1. The third-order valence-electron chi connectivity index (χ3n) is 5.53. The Kier molecular flexibility index (Phi) is 6.13. The first-order chi connectivity index (χ1) is 15.9. The number of pyridine rings is 1. The summed E-state index contributed by atoms with van der Waals surface area (Å²) in [7, 11) is 0. The third-order valence-corrected chi connectivity index (χ3v) is 5.53. The van der Waals surface area contributed by atoms with E-state index in [0.717, 1.165) is 5.56 Å². The lowest BCUT2D eigenvalue weighted by Crippen LogP contribution is -2.29. The minimum absolute atomic E-state index is 0.00663. The Bertz CT molecular complexity index is 1240. The molecule has 2 N–H and O–H groups in total. The summed E-state index contributed by atoms with van der Waals surface area (Å²) in [6, 6.07) is 15.9. The first kappa shape index (κ1) is 22.1. The number of aromatic hydroxyl groups is 1. The van der Waals surface area contributed by atoms with Crippen LogP contribution >= 0.6 is 0 Å². The molecular formula is C26H24N2O5. The van der Waals surface area contributed by atoms with Gasteiger partial charge in [0.1, 0.15) is 17.3 Å². The number of hydrogen-bond donors (Lipinski definition) is 2. The van der Waals surface area contributed by atoms with Crippen molar-refractivity contribution in [3.05, 3.63) is 94.8 Å². The number of aliphatic hydroxyl groups is 1. The van der Waals surface area contributed by atoms with Crippen molar-refractivity contribution < 1.29 is 24.5 Å². The number of ketones is 1. The minimum Gasteiger partial charge on any atom is -0.508 e. The van der Waals surface area contributed by atoms with E-state index >= 15 is 0 Å². The van der Waals surface area contributed by atoms with E-state index in [9.17, 15) is 19.8 Å².